The number of rotatable bonds is 5. The summed E-state index contributed by atoms with van der Waals surface area (Å²) in [5.41, 5.74) is 1.01. The van der Waals surface area contributed by atoms with Gasteiger partial charge in [-0.25, -0.2) is 4.98 Å². The third-order valence-electron chi connectivity index (χ3n) is 3.97. The van der Waals surface area contributed by atoms with Gasteiger partial charge in [-0.3, -0.25) is 9.59 Å². The molecule has 3 rings (SSSR count). The van der Waals surface area contributed by atoms with Crippen LogP contribution in [0.4, 0.5) is 5.13 Å². The predicted molar refractivity (Wildman–Crippen MR) is 92.0 cm³/mol. The highest BCUT2D eigenvalue weighted by molar-refractivity contribution is 7.15. The molecule has 0 saturated carbocycles. The Bertz CT molecular complexity index is 742. The van der Waals surface area contributed by atoms with E-state index in [1.807, 2.05) is 31.2 Å². The van der Waals surface area contributed by atoms with Gasteiger partial charge in [0.05, 0.1) is 13.0 Å². The van der Waals surface area contributed by atoms with Crippen molar-refractivity contribution in [2.24, 2.45) is 5.92 Å². The Morgan fingerprint density at radius 1 is 1.42 bits per heavy atom. The molecule has 0 aliphatic carbocycles. The second-order valence-corrected chi connectivity index (χ2v) is 7.02. The molecule has 1 unspecified atom stereocenters. The molecule has 7 heteroatoms. The Hall–Kier alpha value is -2.41. The standard InChI is InChI=1S/C17H19N3O3S/c1-11-8-18-17(24-11)19-16(22)13-7-15(21)20(10-13)9-12-3-5-14(23-2)6-4-12/h3-6,8,13H,7,9-10H2,1-2H3,(H,18,19,22). The van der Waals surface area contributed by atoms with E-state index in [1.165, 1.54) is 11.3 Å². The van der Waals surface area contributed by atoms with E-state index in [0.29, 0.717) is 18.2 Å². The largest absolute Gasteiger partial charge is 0.497 e. The molecule has 1 aliphatic rings. The van der Waals surface area contributed by atoms with Crippen LogP contribution in [0.5, 0.6) is 5.75 Å². The molecule has 2 amide bonds. The smallest absolute Gasteiger partial charge is 0.231 e. The zero-order valence-corrected chi connectivity index (χ0v) is 14.4. The fourth-order valence-corrected chi connectivity index (χ4v) is 3.34. The van der Waals surface area contributed by atoms with Crippen LogP contribution in [0, 0.1) is 12.8 Å². The first kappa shape index (κ1) is 16.4. The summed E-state index contributed by atoms with van der Waals surface area (Å²) in [6.07, 6.45) is 1.96. The van der Waals surface area contributed by atoms with Crippen LogP contribution < -0.4 is 10.1 Å². The quantitative estimate of drug-likeness (QED) is 0.903. The Morgan fingerprint density at radius 3 is 2.79 bits per heavy atom. The van der Waals surface area contributed by atoms with Gasteiger partial charge in [0.15, 0.2) is 5.13 Å². The molecule has 0 radical (unpaired) electrons. The second-order valence-electron chi connectivity index (χ2n) is 5.79. The Kier molecular flexibility index (Phi) is 4.80. The van der Waals surface area contributed by atoms with Gasteiger partial charge in [-0.2, -0.15) is 0 Å². The van der Waals surface area contributed by atoms with Crippen molar-refractivity contribution >= 4 is 28.3 Å². The molecular formula is C17H19N3O3S. The monoisotopic (exact) mass is 345 g/mol. The first-order valence-corrected chi connectivity index (χ1v) is 8.51. The van der Waals surface area contributed by atoms with Crippen molar-refractivity contribution in [2.45, 2.75) is 19.9 Å². The Labute approximate surface area is 144 Å². The molecule has 126 valence electrons. The van der Waals surface area contributed by atoms with Crippen LogP contribution in [0.15, 0.2) is 30.5 Å². The first-order valence-electron chi connectivity index (χ1n) is 7.69. The number of ether oxygens (including phenoxy) is 1. The third kappa shape index (κ3) is 3.73. The summed E-state index contributed by atoms with van der Waals surface area (Å²) in [5.74, 6) is 0.304. The number of aryl methyl sites for hydroxylation is 1. The minimum absolute atomic E-state index is 0.00119. The summed E-state index contributed by atoms with van der Waals surface area (Å²) >= 11 is 1.43. The first-order chi connectivity index (χ1) is 11.5. The number of hydrogen-bond donors (Lipinski definition) is 1. The fourth-order valence-electron chi connectivity index (χ4n) is 2.67. The van der Waals surface area contributed by atoms with Gasteiger partial charge in [-0.15, -0.1) is 11.3 Å². The zero-order valence-electron chi connectivity index (χ0n) is 13.6. The van der Waals surface area contributed by atoms with Gasteiger partial charge in [0.2, 0.25) is 11.8 Å². The average Bonchev–Trinajstić information content (AvgIpc) is 3.14. The van der Waals surface area contributed by atoms with Crippen LogP contribution in [0.2, 0.25) is 0 Å². The lowest BCUT2D eigenvalue weighted by Gasteiger charge is -2.16. The zero-order chi connectivity index (χ0) is 17.1. The van der Waals surface area contributed by atoms with Gasteiger partial charge in [0.25, 0.3) is 0 Å². The maximum absolute atomic E-state index is 12.3. The van der Waals surface area contributed by atoms with E-state index in [1.54, 1.807) is 18.2 Å². The van der Waals surface area contributed by atoms with Crippen molar-refractivity contribution < 1.29 is 14.3 Å². The summed E-state index contributed by atoms with van der Waals surface area (Å²) < 4.78 is 5.13. The molecule has 0 bridgehead atoms. The minimum Gasteiger partial charge on any atom is -0.497 e. The fraction of sp³-hybridized carbons (Fsp3) is 0.353. The number of methoxy groups -OCH3 is 1. The maximum Gasteiger partial charge on any atom is 0.231 e. The van der Waals surface area contributed by atoms with E-state index in [2.05, 4.69) is 10.3 Å². The molecule has 24 heavy (non-hydrogen) atoms. The molecule has 1 fully saturated rings. The van der Waals surface area contributed by atoms with E-state index in [9.17, 15) is 9.59 Å². The van der Waals surface area contributed by atoms with Gasteiger partial charge in [0.1, 0.15) is 5.75 Å². The van der Waals surface area contributed by atoms with Crippen molar-refractivity contribution in [3.05, 3.63) is 40.9 Å². The summed E-state index contributed by atoms with van der Waals surface area (Å²) in [6.45, 7) is 2.87. The molecule has 1 aromatic heterocycles. The van der Waals surface area contributed by atoms with Crippen LogP contribution in [0.3, 0.4) is 0 Å². The molecule has 2 aromatic rings. The number of hydrogen-bond acceptors (Lipinski definition) is 5. The van der Waals surface area contributed by atoms with Crippen molar-refractivity contribution in [3.8, 4) is 5.75 Å². The third-order valence-corrected chi connectivity index (χ3v) is 4.80. The van der Waals surface area contributed by atoms with Crippen molar-refractivity contribution in [2.75, 3.05) is 19.0 Å². The molecular weight excluding hydrogens is 326 g/mol. The number of nitrogens with one attached hydrogen (secondary N) is 1. The summed E-state index contributed by atoms with van der Waals surface area (Å²) in [4.78, 5) is 31.4. The highest BCUT2D eigenvalue weighted by Gasteiger charge is 2.34. The van der Waals surface area contributed by atoms with E-state index in [-0.39, 0.29) is 24.2 Å². The topological polar surface area (TPSA) is 71.5 Å². The molecule has 1 saturated heterocycles. The second kappa shape index (κ2) is 7.00. The molecule has 1 atom stereocenters. The predicted octanol–water partition coefficient (Wildman–Crippen LogP) is 2.45. The summed E-state index contributed by atoms with van der Waals surface area (Å²) in [6, 6.07) is 7.59. The number of likely N-dealkylation sites (tertiary alicyclic amines) is 1. The van der Waals surface area contributed by atoms with E-state index < -0.39 is 0 Å². The lowest BCUT2D eigenvalue weighted by atomic mass is 10.1. The maximum atomic E-state index is 12.3. The van der Waals surface area contributed by atoms with Crippen molar-refractivity contribution in [3.63, 3.8) is 0 Å². The van der Waals surface area contributed by atoms with Gasteiger partial charge in [-0.05, 0) is 24.6 Å². The minimum atomic E-state index is -0.333. The number of nitrogens with zero attached hydrogens (tertiary/aromatic N) is 2. The number of benzene rings is 1. The van der Waals surface area contributed by atoms with Crippen LogP contribution >= 0.6 is 11.3 Å². The van der Waals surface area contributed by atoms with E-state index in [4.69, 9.17) is 4.74 Å². The molecule has 1 N–H and O–H groups in total. The molecule has 2 heterocycles. The molecule has 0 spiro atoms. The van der Waals surface area contributed by atoms with Gasteiger partial charge in [-0.1, -0.05) is 12.1 Å². The summed E-state index contributed by atoms with van der Waals surface area (Å²) in [5, 5.41) is 3.38. The SMILES string of the molecule is COc1ccc(CN2CC(C(=O)Nc3ncc(C)s3)CC2=O)cc1. The van der Waals surface area contributed by atoms with Crippen LogP contribution in [-0.4, -0.2) is 35.4 Å². The Balaban J connectivity index is 1.59. The normalized spacial score (nSPS) is 17.2. The highest BCUT2D eigenvalue weighted by Crippen LogP contribution is 2.24. The number of amides is 2. The van der Waals surface area contributed by atoms with Gasteiger partial charge >= 0.3 is 0 Å². The number of carbonyl (C=O) groups excluding carboxylic acids is 2. The van der Waals surface area contributed by atoms with Crippen LogP contribution in [-0.2, 0) is 16.1 Å². The van der Waals surface area contributed by atoms with Crippen molar-refractivity contribution in [1.29, 1.82) is 0 Å². The van der Waals surface area contributed by atoms with Crippen LogP contribution in [0.1, 0.15) is 16.9 Å². The summed E-state index contributed by atoms with van der Waals surface area (Å²) in [7, 11) is 1.62. The van der Waals surface area contributed by atoms with Gasteiger partial charge < -0.3 is 15.0 Å². The lowest BCUT2D eigenvalue weighted by molar-refractivity contribution is -0.128. The number of anilines is 1. The van der Waals surface area contributed by atoms with Crippen molar-refractivity contribution in [1.82, 2.24) is 9.88 Å². The number of thiazole rings is 1. The number of carbonyl (C=O) groups is 2. The van der Waals surface area contributed by atoms with Gasteiger partial charge in [0, 0.05) is 30.6 Å². The van der Waals surface area contributed by atoms with E-state index in [0.717, 1.165) is 16.2 Å². The Morgan fingerprint density at radius 2 is 2.17 bits per heavy atom. The molecule has 6 nitrogen and oxygen atoms in total. The molecule has 1 aliphatic heterocycles. The average molecular weight is 345 g/mol. The number of aromatic nitrogens is 1. The van der Waals surface area contributed by atoms with Crippen LogP contribution in [0.25, 0.3) is 0 Å². The highest BCUT2D eigenvalue weighted by atomic mass is 32.1. The molecule has 1 aromatic carbocycles. The van der Waals surface area contributed by atoms with E-state index >= 15 is 0 Å². The lowest BCUT2D eigenvalue weighted by Crippen LogP contribution is -2.28.